The van der Waals surface area contributed by atoms with Crippen LogP contribution in [0, 0.1) is 17.9 Å². The highest BCUT2D eigenvalue weighted by atomic mass is 15.2. The van der Waals surface area contributed by atoms with E-state index in [0.29, 0.717) is 16.9 Å². The average Bonchev–Trinajstić information content (AvgIpc) is 3.62. The van der Waals surface area contributed by atoms with Crippen LogP contribution in [-0.2, 0) is 21.7 Å². The number of rotatable bonds is 6. The number of anilines is 6. The van der Waals surface area contributed by atoms with Crippen LogP contribution in [0.25, 0.3) is 49.4 Å². The van der Waals surface area contributed by atoms with Crippen molar-refractivity contribution in [3.63, 3.8) is 0 Å². The van der Waals surface area contributed by atoms with Crippen molar-refractivity contribution < 1.29 is 0 Å². The molecular formula is C69H58N4. The molecule has 9 aromatic rings. The van der Waals surface area contributed by atoms with Gasteiger partial charge in [0.25, 0.3) is 0 Å². The van der Waals surface area contributed by atoms with Crippen molar-refractivity contribution in [3.8, 4) is 50.6 Å². The lowest BCUT2D eigenvalue weighted by atomic mass is 9.71. The van der Waals surface area contributed by atoms with Gasteiger partial charge in [0.05, 0.1) is 34.9 Å². The molecule has 0 saturated carbocycles. The van der Waals surface area contributed by atoms with Gasteiger partial charge in [-0.2, -0.15) is 5.26 Å². The summed E-state index contributed by atoms with van der Waals surface area (Å²) in [4.78, 5) is 9.34. The van der Waals surface area contributed by atoms with Crippen LogP contribution in [0.15, 0.2) is 194 Å². The molecule has 3 aliphatic rings. The maximum Gasteiger partial charge on any atom is 0.216 e. The lowest BCUT2D eigenvalue weighted by Crippen LogP contribution is -2.33. The number of nitrogens with zero attached hydrogens (tertiary/aromatic N) is 4. The van der Waals surface area contributed by atoms with Gasteiger partial charge in [-0.15, -0.1) is 0 Å². The van der Waals surface area contributed by atoms with E-state index < -0.39 is 21.7 Å². The number of nitriles is 1. The standard InChI is InChI=1S/C69H58N4/c1-66(2)43-67(3,4)62-61(66)63(71-9)65(73-59-36-32-50(46-26-18-12-19-27-46)40-55(59)69(7,8)56-41-51(33-37-60(56)73)47-28-20-13-21-29-47)52(42-70)64(62)72-57-34-30-48(44-22-14-10-15-23-44)38-53(57)68(5,6)54-39-49(31-35-58(54)72)45-24-16-11-17-25-45/h10-41H,43H2,1-8H3. The zero-order chi connectivity index (χ0) is 50.6. The normalized spacial score (nSPS) is 16.0. The molecule has 0 fully saturated rings. The molecule has 4 nitrogen and oxygen atoms in total. The van der Waals surface area contributed by atoms with E-state index in [-0.39, 0.29) is 0 Å². The van der Waals surface area contributed by atoms with Crippen LogP contribution >= 0.6 is 0 Å². The van der Waals surface area contributed by atoms with Gasteiger partial charge in [0, 0.05) is 22.2 Å². The Bertz CT molecular complexity index is 3590. The van der Waals surface area contributed by atoms with E-state index in [9.17, 15) is 11.8 Å². The summed E-state index contributed by atoms with van der Waals surface area (Å²) in [5.74, 6) is 0. The monoisotopic (exact) mass is 942 g/mol. The second-order valence-corrected chi connectivity index (χ2v) is 22.7. The minimum Gasteiger partial charge on any atom is -0.318 e. The molecule has 73 heavy (non-hydrogen) atoms. The quantitative estimate of drug-likeness (QED) is 0.156. The Morgan fingerprint density at radius 2 is 0.699 bits per heavy atom. The summed E-state index contributed by atoms with van der Waals surface area (Å²) in [7, 11) is 0. The molecule has 0 radical (unpaired) electrons. The maximum absolute atomic E-state index is 12.4. The smallest absolute Gasteiger partial charge is 0.216 e. The molecule has 354 valence electrons. The molecule has 0 N–H and O–H groups in total. The second-order valence-electron chi connectivity index (χ2n) is 22.7. The van der Waals surface area contributed by atoms with Gasteiger partial charge in [0.1, 0.15) is 6.07 Å². The molecule has 9 aromatic carbocycles. The fraction of sp³-hybridized carbons (Fsp3) is 0.188. The van der Waals surface area contributed by atoms with E-state index in [4.69, 9.17) is 0 Å². The fourth-order valence-corrected chi connectivity index (χ4v) is 13.2. The third-order valence-corrected chi connectivity index (χ3v) is 16.4. The van der Waals surface area contributed by atoms with Crippen molar-refractivity contribution in [2.45, 2.75) is 83.5 Å². The van der Waals surface area contributed by atoms with Crippen molar-refractivity contribution >= 4 is 39.8 Å². The van der Waals surface area contributed by atoms with Gasteiger partial charge in [-0.3, -0.25) is 0 Å². The summed E-state index contributed by atoms with van der Waals surface area (Å²) in [6.45, 7) is 27.9. The Kier molecular flexibility index (Phi) is 10.4. The van der Waals surface area contributed by atoms with Crippen molar-refractivity contribution in [3.05, 3.63) is 244 Å². The molecule has 12 rings (SSSR count). The summed E-state index contributed by atoms with van der Waals surface area (Å²) in [6.07, 6.45) is 0.805. The van der Waals surface area contributed by atoms with E-state index in [1.54, 1.807) is 0 Å². The molecule has 0 atom stereocenters. The Hall–Kier alpha value is -8.44. The van der Waals surface area contributed by atoms with Crippen molar-refractivity contribution in [1.29, 1.82) is 5.26 Å². The van der Waals surface area contributed by atoms with Gasteiger partial charge in [0.2, 0.25) is 5.69 Å². The minimum atomic E-state index is -0.466. The molecule has 0 spiro atoms. The number of hydrogen-bond donors (Lipinski definition) is 0. The molecule has 2 heterocycles. The zero-order valence-corrected chi connectivity index (χ0v) is 43.0. The average molecular weight is 943 g/mol. The molecule has 0 unspecified atom stereocenters. The Morgan fingerprint density at radius 1 is 0.397 bits per heavy atom. The Labute approximate surface area is 431 Å². The summed E-state index contributed by atoms with van der Waals surface area (Å²) in [5, 5.41) is 12.4. The predicted octanol–water partition coefficient (Wildman–Crippen LogP) is 19.0. The summed E-state index contributed by atoms with van der Waals surface area (Å²) in [5.41, 5.74) is 20.5. The first-order chi connectivity index (χ1) is 35.1. The highest BCUT2D eigenvalue weighted by molar-refractivity contribution is 6.04. The van der Waals surface area contributed by atoms with Crippen molar-refractivity contribution in [1.82, 2.24) is 0 Å². The third-order valence-electron chi connectivity index (χ3n) is 16.4. The predicted molar refractivity (Wildman–Crippen MR) is 303 cm³/mol. The number of benzene rings is 9. The SMILES string of the molecule is [C-]#[N+]c1c(N2c3ccc(-c4ccccc4)cc3C(C)(C)c3cc(-c4ccccc4)ccc32)c(C#N)c(N2c3ccc(-c4ccccc4)cc3C(C)(C)c3cc(-c4ccccc4)ccc32)c2c1C(C)(C)CC2(C)C. The van der Waals surface area contributed by atoms with Crippen LogP contribution in [0.4, 0.5) is 39.8 Å². The van der Waals surface area contributed by atoms with Crippen molar-refractivity contribution in [2.24, 2.45) is 0 Å². The molecular weight excluding hydrogens is 885 g/mol. The van der Waals surface area contributed by atoms with Gasteiger partial charge in [-0.25, -0.2) is 4.85 Å². The van der Waals surface area contributed by atoms with E-state index in [1.807, 2.05) is 0 Å². The van der Waals surface area contributed by atoms with Crippen LogP contribution in [0.3, 0.4) is 0 Å². The van der Waals surface area contributed by atoms with Crippen LogP contribution in [0.5, 0.6) is 0 Å². The van der Waals surface area contributed by atoms with E-state index >= 15 is 0 Å². The van der Waals surface area contributed by atoms with E-state index in [0.717, 1.165) is 102 Å². The second kappa shape index (κ2) is 16.6. The first-order valence-electron chi connectivity index (χ1n) is 25.6. The third kappa shape index (κ3) is 7.00. The highest BCUT2D eigenvalue weighted by Crippen LogP contribution is 2.66. The summed E-state index contributed by atoms with van der Waals surface area (Å²) < 4.78 is 0. The summed E-state index contributed by atoms with van der Waals surface area (Å²) in [6, 6.07) is 72.7. The first kappa shape index (κ1) is 45.7. The number of fused-ring (bicyclic) bond motifs is 5. The van der Waals surface area contributed by atoms with Gasteiger partial charge in [-0.1, -0.05) is 201 Å². The lowest BCUT2D eigenvalue weighted by molar-refractivity contribution is 0.404. The van der Waals surface area contributed by atoms with Gasteiger partial charge >= 0.3 is 0 Å². The topological polar surface area (TPSA) is 34.6 Å². The zero-order valence-electron chi connectivity index (χ0n) is 43.0. The van der Waals surface area contributed by atoms with Crippen LogP contribution < -0.4 is 9.80 Å². The number of hydrogen-bond acceptors (Lipinski definition) is 3. The van der Waals surface area contributed by atoms with E-state index in [1.165, 1.54) is 11.1 Å². The lowest BCUT2D eigenvalue weighted by Gasteiger charge is -2.46. The Balaban J connectivity index is 1.21. The summed E-state index contributed by atoms with van der Waals surface area (Å²) >= 11 is 0. The van der Waals surface area contributed by atoms with Crippen LogP contribution in [0.1, 0.15) is 101 Å². The molecule has 0 saturated heterocycles. The largest absolute Gasteiger partial charge is 0.318 e. The van der Waals surface area contributed by atoms with Gasteiger partial charge in [-0.05, 0) is 144 Å². The maximum atomic E-state index is 12.4. The molecule has 1 aliphatic carbocycles. The van der Waals surface area contributed by atoms with Gasteiger partial charge < -0.3 is 9.80 Å². The molecule has 0 aromatic heterocycles. The molecule has 0 amide bonds. The first-order valence-corrected chi connectivity index (χ1v) is 25.6. The highest BCUT2D eigenvalue weighted by Gasteiger charge is 2.51. The minimum absolute atomic E-state index is 0.409. The van der Waals surface area contributed by atoms with Crippen molar-refractivity contribution in [2.75, 3.05) is 9.80 Å². The van der Waals surface area contributed by atoms with Crippen LogP contribution in [-0.4, -0.2) is 0 Å². The molecule has 2 aliphatic heterocycles. The fourth-order valence-electron chi connectivity index (χ4n) is 13.2. The molecule has 4 heteroatoms. The van der Waals surface area contributed by atoms with Crippen LogP contribution in [0.2, 0.25) is 0 Å². The van der Waals surface area contributed by atoms with Gasteiger partial charge in [0.15, 0.2) is 0 Å². The molecule has 0 bridgehead atoms. The van der Waals surface area contributed by atoms with E-state index in [2.05, 4.69) is 270 Å². The Morgan fingerprint density at radius 3 is 1.00 bits per heavy atom.